The molecular weight excluding hydrogens is 594 g/mol. The van der Waals surface area contributed by atoms with Gasteiger partial charge in [0.05, 0.1) is 16.9 Å². The second kappa shape index (κ2) is 10.5. The van der Waals surface area contributed by atoms with Crippen LogP contribution in [0.4, 0.5) is 0 Å². The molecule has 0 bridgehead atoms. The molecule has 0 aromatic rings. The normalized spacial score (nSPS) is 20.2. The van der Waals surface area contributed by atoms with Crippen LogP contribution in [-0.4, -0.2) is 47.0 Å². The molecule has 0 fully saturated rings. The second-order valence-corrected chi connectivity index (χ2v) is 10.6. The van der Waals surface area contributed by atoms with Gasteiger partial charge in [0.15, 0.2) is 0 Å². The molecule has 0 aliphatic rings. The lowest BCUT2D eigenvalue weighted by Gasteiger charge is -2.34. The Balaban J connectivity index is 4.84. The fourth-order valence-corrected chi connectivity index (χ4v) is 4.59. The molecule has 0 saturated carbocycles. The van der Waals surface area contributed by atoms with Gasteiger partial charge in [0, 0.05) is 20.3 Å². The van der Waals surface area contributed by atoms with E-state index in [9.17, 15) is 4.57 Å². The summed E-state index contributed by atoms with van der Waals surface area (Å²) in [5, 5.41) is 0.632. The summed E-state index contributed by atoms with van der Waals surface area (Å²) in [4.78, 5) is 16.8. The third kappa shape index (κ3) is 9.68. The number of alkyl halides is 6. The fourth-order valence-electron chi connectivity index (χ4n) is 1.50. The van der Waals surface area contributed by atoms with E-state index in [4.69, 9.17) is 33.0 Å². The van der Waals surface area contributed by atoms with E-state index < -0.39 is 18.1 Å². The monoisotopic (exact) mass is 604 g/mol. The van der Waals surface area contributed by atoms with Gasteiger partial charge in [-0.05, 0) is 12.8 Å². The van der Waals surface area contributed by atoms with Crippen LogP contribution in [0, 0.1) is 0 Å². The fraction of sp³-hybridized carbons (Fsp3) is 1.00. The summed E-state index contributed by atoms with van der Waals surface area (Å²) < 4.78 is 15.2. The van der Waals surface area contributed by atoms with Crippen molar-refractivity contribution in [2.24, 2.45) is 0 Å². The van der Waals surface area contributed by atoms with Crippen LogP contribution < -0.4 is 0 Å². The molecule has 11 heteroatoms. The van der Waals surface area contributed by atoms with Crippen LogP contribution in [0.3, 0.4) is 0 Å². The van der Waals surface area contributed by atoms with E-state index in [-0.39, 0.29) is 16.3 Å². The van der Waals surface area contributed by atoms with E-state index in [2.05, 4.69) is 68.2 Å². The van der Waals surface area contributed by atoms with Crippen LogP contribution in [0.1, 0.15) is 12.8 Å². The van der Waals surface area contributed by atoms with Crippen molar-refractivity contribution in [3.05, 3.63) is 0 Å². The highest BCUT2D eigenvalue weighted by Crippen LogP contribution is 2.42. The lowest BCUT2D eigenvalue weighted by Crippen LogP contribution is -2.41. The Hall–Kier alpha value is 2.61. The molecule has 0 rings (SSSR count). The minimum Gasteiger partial charge on any atom is -0.303 e. The van der Waals surface area contributed by atoms with Crippen LogP contribution in [-0.2, 0) is 9.09 Å². The van der Waals surface area contributed by atoms with Crippen LogP contribution in [0.15, 0.2) is 0 Å². The third-order valence-corrected chi connectivity index (χ3v) is 8.72. The number of phosphoric ester groups is 1. The molecule has 4 nitrogen and oxygen atoms in total. The molecule has 0 aliphatic heterocycles. The molecule has 4 atom stereocenters. The Bertz CT molecular complexity index is 321. The van der Waals surface area contributed by atoms with Crippen molar-refractivity contribution in [1.29, 1.82) is 0 Å². The zero-order valence-electron chi connectivity index (χ0n) is 10.2. The Morgan fingerprint density at radius 2 is 1.55 bits per heavy atom. The first kappa shape index (κ1) is 22.6. The van der Waals surface area contributed by atoms with E-state index >= 15 is 0 Å². The number of hydrogen-bond donors (Lipinski definition) is 2. The van der Waals surface area contributed by atoms with Gasteiger partial charge in [0.1, 0.15) is 0 Å². The second-order valence-electron chi connectivity index (χ2n) is 4.20. The molecule has 0 radical (unpaired) electrons. The average molecular weight is 609 g/mol. The van der Waals surface area contributed by atoms with Gasteiger partial charge in [-0.3, -0.25) is 4.52 Å². The van der Waals surface area contributed by atoms with E-state index in [0.717, 1.165) is 0 Å². The van der Waals surface area contributed by atoms with Crippen molar-refractivity contribution in [2.75, 3.05) is 17.3 Å². The number of phosphoric acid groups is 1. The van der Waals surface area contributed by atoms with Gasteiger partial charge in [-0.25, -0.2) is 4.57 Å². The first-order valence-corrected chi connectivity index (χ1v) is 11.9. The van der Waals surface area contributed by atoms with Gasteiger partial charge in [-0.2, -0.15) is 0 Å². The minimum absolute atomic E-state index is 0.0892. The number of halogens is 6. The molecule has 0 amide bonds. The van der Waals surface area contributed by atoms with Crippen molar-refractivity contribution in [1.82, 2.24) is 0 Å². The first-order chi connectivity index (χ1) is 9.04. The maximum atomic E-state index is 10.8. The zero-order chi connectivity index (χ0) is 16.0. The van der Waals surface area contributed by atoms with Crippen molar-refractivity contribution in [3.63, 3.8) is 0 Å². The largest absolute Gasteiger partial charge is 0.469 e. The summed E-state index contributed by atoms with van der Waals surface area (Å²) in [5.74, 6) is 0. The maximum absolute atomic E-state index is 10.8. The molecule has 0 spiro atoms. The van der Waals surface area contributed by atoms with Crippen LogP contribution >= 0.6 is 94.7 Å². The standard InChI is InChI=1S/C9H15Br4Cl2O4P/c10-3-6(12)1-9(15,2-7(13)4-11)8(14)5-19-20(16,17)18/h6-8H,1-5H2,(H2,16,17,18)/t6-,7+,8-,9?/m0/s1. The van der Waals surface area contributed by atoms with Crippen LogP contribution in [0.25, 0.3) is 0 Å². The maximum Gasteiger partial charge on any atom is 0.469 e. The highest BCUT2D eigenvalue weighted by Gasteiger charge is 2.40. The molecule has 0 aliphatic carbocycles. The SMILES string of the molecule is O=P(O)(O)OC[C@H](Cl)C(Cl)(C[C@H](Br)CBr)C[C@@H](Br)CBr. The smallest absolute Gasteiger partial charge is 0.303 e. The molecule has 0 aromatic heterocycles. The Kier molecular flexibility index (Phi) is 11.8. The summed E-state index contributed by atoms with van der Waals surface area (Å²) in [6, 6.07) is 0. The summed E-state index contributed by atoms with van der Waals surface area (Å²) in [5.41, 5.74) is 0. The van der Waals surface area contributed by atoms with Gasteiger partial charge in [0.2, 0.25) is 0 Å². The van der Waals surface area contributed by atoms with Crippen molar-refractivity contribution < 1.29 is 18.9 Å². The predicted octanol–water partition coefficient (Wildman–Crippen LogP) is 4.78. The van der Waals surface area contributed by atoms with Gasteiger partial charge in [-0.15, -0.1) is 23.2 Å². The lowest BCUT2D eigenvalue weighted by molar-refractivity contribution is 0.187. The quantitative estimate of drug-likeness (QED) is 0.277. The molecule has 0 saturated heterocycles. The Labute approximate surface area is 162 Å². The predicted molar refractivity (Wildman–Crippen MR) is 98.5 cm³/mol. The third-order valence-electron chi connectivity index (χ3n) is 2.41. The van der Waals surface area contributed by atoms with Gasteiger partial charge < -0.3 is 9.79 Å². The average Bonchev–Trinajstić information content (AvgIpc) is 2.34. The van der Waals surface area contributed by atoms with Gasteiger partial charge >= 0.3 is 7.82 Å². The molecule has 2 N–H and O–H groups in total. The molecule has 20 heavy (non-hydrogen) atoms. The first-order valence-electron chi connectivity index (χ1n) is 5.47. The molecule has 0 aromatic carbocycles. The van der Waals surface area contributed by atoms with E-state index in [1.54, 1.807) is 0 Å². The minimum atomic E-state index is -4.56. The Morgan fingerprint density at radius 1 is 1.15 bits per heavy atom. The molecule has 122 valence electrons. The van der Waals surface area contributed by atoms with Crippen molar-refractivity contribution in [3.8, 4) is 0 Å². The van der Waals surface area contributed by atoms with E-state index in [1.165, 1.54) is 0 Å². The summed E-state index contributed by atoms with van der Waals surface area (Å²) in [6.07, 6.45) is 1.04. The summed E-state index contributed by atoms with van der Waals surface area (Å²) in [7, 11) is -4.56. The van der Waals surface area contributed by atoms with Crippen LogP contribution in [0.5, 0.6) is 0 Å². The van der Waals surface area contributed by atoms with E-state index in [1.807, 2.05) is 0 Å². The van der Waals surface area contributed by atoms with Gasteiger partial charge in [-0.1, -0.05) is 63.7 Å². The van der Waals surface area contributed by atoms with Crippen molar-refractivity contribution in [2.45, 2.75) is 32.7 Å². The number of rotatable bonds is 10. The molecule has 0 heterocycles. The van der Waals surface area contributed by atoms with Crippen molar-refractivity contribution >= 4 is 94.7 Å². The molecular formula is C9H15Br4Cl2O4P. The zero-order valence-corrected chi connectivity index (χ0v) is 18.9. The van der Waals surface area contributed by atoms with E-state index in [0.29, 0.717) is 23.5 Å². The van der Waals surface area contributed by atoms with Crippen LogP contribution in [0.2, 0.25) is 0 Å². The summed E-state index contributed by atoms with van der Waals surface area (Å²) in [6.45, 7) is -0.320. The lowest BCUT2D eigenvalue weighted by atomic mass is 9.93. The number of hydrogen-bond acceptors (Lipinski definition) is 2. The Morgan fingerprint density at radius 3 is 1.85 bits per heavy atom. The highest BCUT2D eigenvalue weighted by atomic mass is 79.9. The summed E-state index contributed by atoms with van der Waals surface area (Å²) >= 11 is 26.5. The van der Waals surface area contributed by atoms with Gasteiger partial charge in [0.25, 0.3) is 0 Å². The topological polar surface area (TPSA) is 66.8 Å². The highest BCUT2D eigenvalue weighted by molar-refractivity contribution is 9.12. The molecule has 1 unspecified atom stereocenters.